The molecule has 0 spiro atoms. The molecule has 0 bridgehead atoms. The number of hydrogen-bond acceptors (Lipinski definition) is 4. The van der Waals surface area contributed by atoms with Gasteiger partial charge in [0, 0.05) is 36.6 Å². The summed E-state index contributed by atoms with van der Waals surface area (Å²) in [5.74, 6) is 0.478. The summed E-state index contributed by atoms with van der Waals surface area (Å²) in [6.45, 7) is 4.76. The lowest BCUT2D eigenvalue weighted by Gasteiger charge is -2.18. The van der Waals surface area contributed by atoms with E-state index in [1.165, 1.54) is 4.31 Å². The summed E-state index contributed by atoms with van der Waals surface area (Å²) in [6.07, 6.45) is 0. The first kappa shape index (κ1) is 20.9. The molecule has 0 radical (unpaired) electrons. The number of aromatic nitrogens is 1. The number of benzene rings is 2. The molecule has 1 heterocycles. The van der Waals surface area contributed by atoms with Crippen LogP contribution in [0.2, 0.25) is 0 Å². The van der Waals surface area contributed by atoms with Crippen LogP contribution in [0, 0.1) is 0 Å². The molecule has 0 atom stereocenters. The molecule has 0 unspecified atom stereocenters. The molecule has 3 rings (SSSR count). The van der Waals surface area contributed by atoms with Crippen LogP contribution < -0.4 is 10.1 Å². The highest BCUT2D eigenvalue weighted by Gasteiger charge is 2.21. The number of sulfonamides is 1. The van der Waals surface area contributed by atoms with Gasteiger partial charge >= 0.3 is 0 Å². The van der Waals surface area contributed by atoms with Gasteiger partial charge in [-0.15, -0.1) is 0 Å². The number of carbonyl (C=O) groups excluding carboxylic acids is 1. The Bertz CT molecular complexity index is 1100. The maximum Gasteiger partial charge on any atom is 0.267 e. The van der Waals surface area contributed by atoms with Gasteiger partial charge in [-0.2, -0.15) is 4.31 Å². The van der Waals surface area contributed by atoms with Gasteiger partial charge < -0.3 is 15.0 Å². The Labute approximate surface area is 170 Å². The minimum atomic E-state index is -3.48. The summed E-state index contributed by atoms with van der Waals surface area (Å²) in [4.78, 5) is 15.8. The van der Waals surface area contributed by atoms with Crippen LogP contribution in [0.1, 0.15) is 29.9 Å². The molecule has 0 saturated heterocycles. The monoisotopic (exact) mass is 415 g/mol. The molecule has 1 amide bonds. The van der Waals surface area contributed by atoms with Crippen molar-refractivity contribution >= 4 is 26.8 Å². The van der Waals surface area contributed by atoms with Crippen molar-refractivity contribution in [2.45, 2.75) is 25.3 Å². The molecule has 0 aliphatic carbocycles. The molecule has 3 aromatic rings. The number of hydrogen-bond donors (Lipinski definition) is 2. The normalized spacial score (nSPS) is 11.7. The Balaban J connectivity index is 1.67. The number of methoxy groups -OCH3 is 1. The molecular formula is C21H25N3O4S. The number of amides is 1. The highest BCUT2D eigenvalue weighted by atomic mass is 32.2. The van der Waals surface area contributed by atoms with Crippen LogP contribution in [-0.4, -0.2) is 43.8 Å². The number of rotatable bonds is 8. The van der Waals surface area contributed by atoms with Crippen molar-refractivity contribution in [1.29, 1.82) is 0 Å². The minimum Gasteiger partial charge on any atom is -0.497 e. The summed E-state index contributed by atoms with van der Waals surface area (Å²) >= 11 is 0. The number of ether oxygens (including phenoxy) is 1. The van der Waals surface area contributed by atoms with E-state index in [2.05, 4.69) is 10.3 Å². The van der Waals surface area contributed by atoms with E-state index in [9.17, 15) is 13.2 Å². The van der Waals surface area contributed by atoms with Crippen molar-refractivity contribution in [3.05, 3.63) is 59.8 Å². The summed E-state index contributed by atoms with van der Waals surface area (Å²) in [5, 5.41) is 3.77. The van der Waals surface area contributed by atoms with Gasteiger partial charge in [0.1, 0.15) is 11.4 Å². The first-order chi connectivity index (χ1) is 13.9. The van der Waals surface area contributed by atoms with Gasteiger partial charge in [-0.3, -0.25) is 4.79 Å². The molecule has 154 valence electrons. The van der Waals surface area contributed by atoms with Crippen LogP contribution >= 0.6 is 0 Å². The van der Waals surface area contributed by atoms with Gasteiger partial charge in [-0.25, -0.2) is 8.42 Å². The first-order valence-electron chi connectivity index (χ1n) is 9.43. The molecule has 2 aromatic carbocycles. The highest BCUT2D eigenvalue weighted by molar-refractivity contribution is 7.89. The Morgan fingerprint density at radius 1 is 1.07 bits per heavy atom. The largest absolute Gasteiger partial charge is 0.497 e. The maximum absolute atomic E-state index is 12.5. The number of nitrogens with zero attached hydrogens (tertiary/aromatic N) is 1. The zero-order valence-corrected chi connectivity index (χ0v) is 17.5. The predicted octanol–water partition coefficient (Wildman–Crippen LogP) is 3.14. The summed E-state index contributed by atoms with van der Waals surface area (Å²) in [7, 11) is -1.89. The van der Waals surface area contributed by atoms with E-state index in [0.29, 0.717) is 31.1 Å². The van der Waals surface area contributed by atoms with Crippen molar-refractivity contribution in [2.75, 3.05) is 20.2 Å². The lowest BCUT2D eigenvalue weighted by molar-refractivity contribution is 0.0946. The van der Waals surface area contributed by atoms with Crippen LogP contribution in [0.3, 0.4) is 0 Å². The second-order valence-electron chi connectivity index (χ2n) is 6.55. The smallest absolute Gasteiger partial charge is 0.267 e. The SMILES string of the molecule is CCN(CC)S(=O)(=O)c1ccc(CNC(=O)c2cc3ccc(OC)cc3[nH]2)cc1. The van der Waals surface area contributed by atoms with Crippen molar-refractivity contribution in [2.24, 2.45) is 0 Å². The standard InChI is InChI=1S/C21H25N3O4S/c1-4-24(5-2)29(26,27)18-10-6-15(7-11-18)14-22-21(25)20-12-16-8-9-17(28-3)13-19(16)23-20/h6-13,23H,4-5,14H2,1-3H3,(H,22,25). The van der Waals surface area contributed by atoms with Gasteiger partial charge in [-0.05, 0) is 35.9 Å². The zero-order chi connectivity index (χ0) is 21.0. The summed E-state index contributed by atoms with van der Waals surface area (Å²) in [6, 6.07) is 13.9. The fourth-order valence-electron chi connectivity index (χ4n) is 3.12. The summed E-state index contributed by atoms with van der Waals surface area (Å²) < 4.78 is 31.7. The van der Waals surface area contributed by atoms with Crippen LogP contribution in [-0.2, 0) is 16.6 Å². The first-order valence-corrected chi connectivity index (χ1v) is 10.9. The van der Waals surface area contributed by atoms with Gasteiger partial charge in [0.05, 0.1) is 12.0 Å². The molecule has 2 N–H and O–H groups in total. The number of fused-ring (bicyclic) bond motifs is 1. The van der Waals surface area contributed by atoms with Crippen LogP contribution in [0.4, 0.5) is 0 Å². The molecular weight excluding hydrogens is 390 g/mol. The maximum atomic E-state index is 12.5. The Morgan fingerprint density at radius 2 is 1.76 bits per heavy atom. The molecule has 0 fully saturated rings. The third-order valence-electron chi connectivity index (χ3n) is 4.79. The summed E-state index contributed by atoms with van der Waals surface area (Å²) in [5.41, 5.74) is 2.09. The Hall–Kier alpha value is -2.84. The van der Waals surface area contributed by atoms with E-state index in [0.717, 1.165) is 16.5 Å². The van der Waals surface area contributed by atoms with E-state index in [4.69, 9.17) is 4.74 Å². The third kappa shape index (κ3) is 4.44. The quantitative estimate of drug-likeness (QED) is 0.591. The van der Waals surface area contributed by atoms with E-state index < -0.39 is 10.0 Å². The van der Waals surface area contributed by atoms with Crippen molar-refractivity contribution in [1.82, 2.24) is 14.6 Å². The second-order valence-corrected chi connectivity index (χ2v) is 8.49. The van der Waals surface area contributed by atoms with E-state index >= 15 is 0 Å². The fourth-order valence-corrected chi connectivity index (χ4v) is 4.58. The molecule has 29 heavy (non-hydrogen) atoms. The molecule has 7 nitrogen and oxygen atoms in total. The minimum absolute atomic E-state index is 0.236. The van der Waals surface area contributed by atoms with Crippen molar-refractivity contribution in [3.8, 4) is 5.75 Å². The van der Waals surface area contributed by atoms with Gasteiger partial charge in [0.25, 0.3) is 5.91 Å². The fraction of sp³-hybridized carbons (Fsp3) is 0.286. The zero-order valence-electron chi connectivity index (χ0n) is 16.7. The molecule has 1 aromatic heterocycles. The highest BCUT2D eigenvalue weighted by Crippen LogP contribution is 2.21. The predicted molar refractivity (Wildman–Crippen MR) is 113 cm³/mol. The third-order valence-corrected chi connectivity index (χ3v) is 6.86. The number of aromatic amines is 1. The lowest BCUT2D eigenvalue weighted by Crippen LogP contribution is -2.30. The average Bonchev–Trinajstić information content (AvgIpc) is 3.16. The lowest BCUT2D eigenvalue weighted by atomic mass is 10.2. The molecule has 0 saturated carbocycles. The second kappa shape index (κ2) is 8.67. The van der Waals surface area contributed by atoms with E-state index in [1.807, 2.05) is 32.0 Å². The average molecular weight is 416 g/mol. The van der Waals surface area contributed by atoms with Gasteiger partial charge in [0.2, 0.25) is 10.0 Å². The topological polar surface area (TPSA) is 91.5 Å². The van der Waals surface area contributed by atoms with Crippen molar-refractivity contribution < 1.29 is 17.9 Å². The van der Waals surface area contributed by atoms with Crippen molar-refractivity contribution in [3.63, 3.8) is 0 Å². The number of H-pyrrole nitrogens is 1. The van der Waals surface area contributed by atoms with Gasteiger partial charge in [-0.1, -0.05) is 26.0 Å². The Morgan fingerprint density at radius 3 is 2.38 bits per heavy atom. The van der Waals surface area contributed by atoms with Gasteiger partial charge in [0.15, 0.2) is 0 Å². The van der Waals surface area contributed by atoms with Crippen LogP contribution in [0.15, 0.2) is 53.4 Å². The van der Waals surface area contributed by atoms with Crippen LogP contribution in [0.25, 0.3) is 10.9 Å². The number of nitrogens with one attached hydrogen (secondary N) is 2. The number of carbonyl (C=O) groups is 1. The molecule has 0 aliphatic rings. The molecule has 0 aliphatic heterocycles. The van der Waals surface area contributed by atoms with E-state index in [-0.39, 0.29) is 10.8 Å². The van der Waals surface area contributed by atoms with Crippen LogP contribution in [0.5, 0.6) is 5.75 Å². The Kier molecular flexibility index (Phi) is 6.24. The van der Waals surface area contributed by atoms with E-state index in [1.54, 1.807) is 37.4 Å². The molecule has 8 heteroatoms.